The monoisotopic (exact) mass is 303 g/mol. The third-order valence-electron chi connectivity index (χ3n) is 2.54. The van der Waals surface area contributed by atoms with Gasteiger partial charge in [-0.25, -0.2) is 9.97 Å². The fourth-order valence-electron chi connectivity index (χ4n) is 1.61. The largest absolute Gasteiger partial charge is 0.357 e. The highest BCUT2D eigenvalue weighted by Gasteiger charge is 2.08. The van der Waals surface area contributed by atoms with Crippen LogP contribution in [0.1, 0.15) is 9.88 Å². The van der Waals surface area contributed by atoms with Gasteiger partial charge in [-0.15, -0.1) is 11.3 Å². The van der Waals surface area contributed by atoms with Gasteiger partial charge in [0.05, 0.1) is 6.54 Å². The van der Waals surface area contributed by atoms with Gasteiger partial charge in [0.2, 0.25) is 11.9 Å². The number of hydrogen-bond acceptors (Lipinski definition) is 9. The fraction of sp³-hybridized carbons (Fsp3) is 0.273. The lowest BCUT2D eigenvalue weighted by Crippen LogP contribution is -2.11. The lowest BCUT2D eigenvalue weighted by atomic mass is 10.6. The maximum absolute atomic E-state index is 4.31. The molecule has 0 bridgehead atoms. The number of thiazole rings is 1. The van der Waals surface area contributed by atoms with E-state index in [4.69, 9.17) is 0 Å². The van der Waals surface area contributed by atoms with Crippen molar-refractivity contribution in [2.24, 2.45) is 0 Å². The van der Waals surface area contributed by atoms with E-state index in [2.05, 4.69) is 40.7 Å². The molecular formula is C11H13N9S. The van der Waals surface area contributed by atoms with E-state index >= 15 is 0 Å². The molecular weight excluding hydrogens is 290 g/mol. The van der Waals surface area contributed by atoms with E-state index in [1.807, 2.05) is 13.1 Å². The van der Waals surface area contributed by atoms with Gasteiger partial charge in [-0.3, -0.25) is 0 Å². The highest BCUT2D eigenvalue weighted by Crippen LogP contribution is 2.13. The minimum absolute atomic E-state index is 0.393. The van der Waals surface area contributed by atoms with Crippen molar-refractivity contribution in [1.29, 1.82) is 0 Å². The van der Waals surface area contributed by atoms with Crippen molar-refractivity contribution in [3.05, 3.63) is 28.7 Å². The van der Waals surface area contributed by atoms with Gasteiger partial charge in [0.1, 0.15) is 17.7 Å². The quantitative estimate of drug-likeness (QED) is 0.715. The van der Waals surface area contributed by atoms with Crippen LogP contribution in [0.4, 0.5) is 11.9 Å². The molecule has 21 heavy (non-hydrogen) atoms. The molecule has 10 heteroatoms. The molecule has 0 aliphatic rings. The van der Waals surface area contributed by atoms with Crippen molar-refractivity contribution in [3.8, 4) is 5.95 Å². The van der Waals surface area contributed by atoms with E-state index in [9.17, 15) is 0 Å². The van der Waals surface area contributed by atoms with Crippen LogP contribution in [0.5, 0.6) is 0 Å². The molecule has 0 aromatic carbocycles. The first-order chi connectivity index (χ1) is 10.2. The molecule has 3 rings (SSSR count). The Balaban J connectivity index is 1.82. The first-order valence-electron chi connectivity index (χ1n) is 6.18. The summed E-state index contributed by atoms with van der Waals surface area (Å²) in [5.41, 5.74) is 0. The zero-order valence-electron chi connectivity index (χ0n) is 11.5. The molecule has 3 aromatic rings. The lowest BCUT2D eigenvalue weighted by Gasteiger charge is -2.07. The first-order valence-corrected chi connectivity index (χ1v) is 7.00. The predicted molar refractivity (Wildman–Crippen MR) is 78.5 cm³/mol. The molecule has 2 N–H and O–H groups in total. The van der Waals surface area contributed by atoms with Crippen LogP contribution in [-0.4, -0.2) is 41.7 Å². The molecule has 0 aliphatic carbocycles. The molecule has 3 heterocycles. The first kappa shape index (κ1) is 13.4. The van der Waals surface area contributed by atoms with Gasteiger partial charge in [-0.1, -0.05) is 0 Å². The zero-order valence-corrected chi connectivity index (χ0v) is 12.3. The summed E-state index contributed by atoms with van der Waals surface area (Å²) in [5.74, 6) is 1.30. The van der Waals surface area contributed by atoms with Crippen LogP contribution < -0.4 is 10.6 Å². The second kappa shape index (κ2) is 5.79. The van der Waals surface area contributed by atoms with Gasteiger partial charge >= 0.3 is 0 Å². The molecule has 108 valence electrons. The maximum atomic E-state index is 4.31. The molecule has 0 radical (unpaired) electrons. The van der Waals surface area contributed by atoms with Crippen LogP contribution >= 0.6 is 11.3 Å². The van der Waals surface area contributed by atoms with E-state index in [0.29, 0.717) is 24.4 Å². The lowest BCUT2D eigenvalue weighted by molar-refractivity contribution is 0.795. The van der Waals surface area contributed by atoms with E-state index in [0.717, 1.165) is 5.01 Å². The standard InChI is InChI=1S/C11H13N9S/c1-7-3-14-8(21-7)4-15-10-17-9(12-2)18-11(19-10)20-6-13-5-16-20/h3,5-6H,4H2,1-2H3,(H2,12,15,17,18,19). The minimum atomic E-state index is 0.393. The molecule has 0 saturated carbocycles. The molecule has 3 aromatic heterocycles. The summed E-state index contributed by atoms with van der Waals surface area (Å²) in [6, 6.07) is 0. The number of hydrogen-bond donors (Lipinski definition) is 2. The minimum Gasteiger partial charge on any atom is -0.357 e. The second-order valence-electron chi connectivity index (χ2n) is 4.09. The molecule has 0 atom stereocenters. The van der Waals surface area contributed by atoms with Crippen molar-refractivity contribution >= 4 is 23.2 Å². The molecule has 0 spiro atoms. The average Bonchev–Trinajstić information content (AvgIpc) is 3.16. The van der Waals surface area contributed by atoms with E-state index < -0.39 is 0 Å². The van der Waals surface area contributed by atoms with Gasteiger partial charge in [-0.2, -0.15) is 24.7 Å². The number of nitrogens with one attached hydrogen (secondary N) is 2. The van der Waals surface area contributed by atoms with Crippen LogP contribution in [0.15, 0.2) is 18.9 Å². The summed E-state index contributed by atoms with van der Waals surface area (Å²) in [6.45, 7) is 2.58. The van der Waals surface area contributed by atoms with Crippen LogP contribution in [0.25, 0.3) is 5.95 Å². The van der Waals surface area contributed by atoms with Crippen molar-refractivity contribution in [1.82, 2.24) is 34.7 Å². The Morgan fingerprint density at radius 2 is 2.10 bits per heavy atom. The van der Waals surface area contributed by atoms with Crippen LogP contribution in [0.2, 0.25) is 0 Å². The normalized spacial score (nSPS) is 10.6. The van der Waals surface area contributed by atoms with E-state index in [1.165, 1.54) is 22.2 Å². The number of anilines is 2. The maximum Gasteiger partial charge on any atom is 0.258 e. The second-order valence-corrected chi connectivity index (χ2v) is 5.41. The van der Waals surface area contributed by atoms with Crippen LogP contribution in [0.3, 0.4) is 0 Å². The highest BCUT2D eigenvalue weighted by molar-refractivity contribution is 7.11. The molecule has 0 fully saturated rings. The third kappa shape index (κ3) is 3.11. The number of aromatic nitrogens is 7. The summed E-state index contributed by atoms with van der Waals surface area (Å²) in [7, 11) is 1.74. The number of rotatable bonds is 5. The topological polar surface area (TPSA) is 106 Å². The highest BCUT2D eigenvalue weighted by atomic mass is 32.1. The average molecular weight is 303 g/mol. The summed E-state index contributed by atoms with van der Waals surface area (Å²) in [6.07, 6.45) is 4.80. The van der Waals surface area contributed by atoms with Gasteiger partial charge in [0.15, 0.2) is 0 Å². The van der Waals surface area contributed by atoms with Crippen molar-refractivity contribution in [3.63, 3.8) is 0 Å². The van der Waals surface area contributed by atoms with Crippen molar-refractivity contribution in [2.45, 2.75) is 13.5 Å². The Bertz CT molecular complexity index is 721. The SMILES string of the molecule is CNc1nc(NCc2ncc(C)s2)nc(-n2cncn2)n1. The smallest absolute Gasteiger partial charge is 0.258 e. The third-order valence-corrected chi connectivity index (χ3v) is 3.45. The Morgan fingerprint density at radius 1 is 1.24 bits per heavy atom. The van der Waals surface area contributed by atoms with Crippen molar-refractivity contribution < 1.29 is 0 Å². The number of nitrogens with zero attached hydrogens (tertiary/aromatic N) is 7. The molecule has 0 aliphatic heterocycles. The number of aryl methyl sites for hydroxylation is 1. The Hall–Kier alpha value is -2.62. The molecule has 9 nitrogen and oxygen atoms in total. The summed E-state index contributed by atoms with van der Waals surface area (Å²) in [4.78, 5) is 22.1. The van der Waals surface area contributed by atoms with Crippen LogP contribution in [-0.2, 0) is 6.54 Å². The van der Waals surface area contributed by atoms with E-state index in [-0.39, 0.29) is 0 Å². The Morgan fingerprint density at radius 3 is 2.76 bits per heavy atom. The zero-order chi connectivity index (χ0) is 14.7. The van der Waals surface area contributed by atoms with Gasteiger partial charge in [0.25, 0.3) is 5.95 Å². The van der Waals surface area contributed by atoms with Gasteiger partial charge in [-0.05, 0) is 6.92 Å². The van der Waals surface area contributed by atoms with E-state index in [1.54, 1.807) is 18.4 Å². The summed E-state index contributed by atoms with van der Waals surface area (Å²) < 4.78 is 1.47. The molecule has 0 unspecified atom stereocenters. The Labute approximate surface area is 124 Å². The summed E-state index contributed by atoms with van der Waals surface area (Å²) in [5, 5.41) is 11.0. The summed E-state index contributed by atoms with van der Waals surface area (Å²) >= 11 is 1.63. The fourth-order valence-corrected chi connectivity index (χ4v) is 2.33. The molecule has 0 saturated heterocycles. The van der Waals surface area contributed by atoms with Gasteiger partial charge < -0.3 is 10.6 Å². The van der Waals surface area contributed by atoms with Crippen LogP contribution in [0, 0.1) is 6.92 Å². The Kier molecular flexibility index (Phi) is 3.69. The molecule has 0 amide bonds. The van der Waals surface area contributed by atoms with Crippen molar-refractivity contribution in [2.75, 3.05) is 17.7 Å². The van der Waals surface area contributed by atoms with Gasteiger partial charge in [0, 0.05) is 18.1 Å². The predicted octanol–water partition coefficient (Wildman–Crippen LogP) is 0.871.